The molecule has 0 saturated heterocycles. The third-order valence-corrected chi connectivity index (χ3v) is 10.2. The van der Waals surface area contributed by atoms with Crippen LogP contribution < -0.4 is 0 Å². The van der Waals surface area contributed by atoms with Gasteiger partial charge in [0.2, 0.25) is 5.78 Å². The Morgan fingerprint density at radius 2 is 1.97 bits per heavy atom. The van der Waals surface area contributed by atoms with Gasteiger partial charge in [-0.3, -0.25) is 9.59 Å². The van der Waals surface area contributed by atoms with Crippen LogP contribution in [0.4, 0.5) is 0 Å². The molecule has 0 aromatic heterocycles. The predicted molar refractivity (Wildman–Crippen MR) is 145 cm³/mol. The van der Waals surface area contributed by atoms with E-state index in [4.69, 9.17) is 4.74 Å². The van der Waals surface area contributed by atoms with E-state index in [1.807, 2.05) is 19.1 Å². The summed E-state index contributed by atoms with van der Waals surface area (Å²) in [6.45, 7) is 3.51. The normalized spacial score (nSPS) is 38.7. The van der Waals surface area contributed by atoms with Crippen molar-refractivity contribution in [2.75, 3.05) is 6.61 Å². The number of hydrogen-bond donors (Lipinski definition) is 2. The second-order valence-corrected chi connectivity index (χ2v) is 12.4. The number of halogens is 1. The van der Waals surface area contributed by atoms with Crippen LogP contribution in [0.5, 0.6) is 0 Å². The van der Waals surface area contributed by atoms with Crippen molar-refractivity contribution in [3.8, 4) is 0 Å². The molecule has 0 amide bonds. The van der Waals surface area contributed by atoms with E-state index in [0.717, 1.165) is 22.0 Å². The summed E-state index contributed by atoms with van der Waals surface area (Å²) < 4.78 is 6.20. The molecular weight excluding hydrogens is 582 g/mol. The van der Waals surface area contributed by atoms with Crippen molar-refractivity contribution in [3.05, 3.63) is 57.2 Å². The monoisotopic (exact) mass is 614 g/mol. The molecule has 4 aliphatic carbocycles. The van der Waals surface area contributed by atoms with E-state index in [1.165, 1.54) is 0 Å². The number of carbonyl (C=O) groups excluding carboxylic acids is 3. The summed E-state index contributed by atoms with van der Waals surface area (Å²) in [7, 11) is 0. The minimum absolute atomic E-state index is 0. The number of aliphatic hydroxyl groups is 2. The Kier molecular flexibility index (Phi) is 7.86. The standard InChI is InChI=1S/C28H31IO6.Na.H/c1-26-10-8-19(30)13-17(26)6-7-20-21-9-11-28(34,27(21,2)14-22(31)24(20)26)23(32)15-35-25(33)16-4-3-5-18(29)12-16;;/h3-5,8,10,12-13,20-22,24,31,34H,6-7,9,11,14-15H2,1-2H3;;/t20-,21-,22-,24+,26-,27-,28-;;/m0../s1. The predicted octanol–water partition coefficient (Wildman–Crippen LogP) is 3.38. The van der Waals surface area contributed by atoms with Crippen LogP contribution in [0.2, 0.25) is 0 Å². The molecule has 0 unspecified atom stereocenters. The van der Waals surface area contributed by atoms with E-state index in [9.17, 15) is 24.6 Å². The molecule has 36 heavy (non-hydrogen) atoms. The summed E-state index contributed by atoms with van der Waals surface area (Å²) in [6, 6.07) is 6.93. The fourth-order valence-corrected chi connectivity index (χ4v) is 8.28. The van der Waals surface area contributed by atoms with Crippen molar-refractivity contribution < 1.29 is 29.3 Å². The zero-order valence-corrected chi connectivity index (χ0v) is 22.2. The van der Waals surface area contributed by atoms with Gasteiger partial charge in [-0.2, -0.15) is 0 Å². The van der Waals surface area contributed by atoms with E-state index in [2.05, 4.69) is 29.5 Å². The van der Waals surface area contributed by atoms with Gasteiger partial charge in [0, 0.05) is 20.3 Å². The Bertz CT molecular complexity index is 1160. The molecule has 3 fully saturated rings. The van der Waals surface area contributed by atoms with Crippen molar-refractivity contribution in [2.24, 2.45) is 28.6 Å². The average Bonchev–Trinajstić information content (AvgIpc) is 3.08. The van der Waals surface area contributed by atoms with Crippen LogP contribution in [0.3, 0.4) is 0 Å². The second kappa shape index (κ2) is 10.0. The van der Waals surface area contributed by atoms with E-state index < -0.39 is 40.9 Å². The molecule has 3 saturated carbocycles. The summed E-state index contributed by atoms with van der Waals surface area (Å²) in [5.41, 5.74) is -1.44. The van der Waals surface area contributed by atoms with Gasteiger partial charge in [0.1, 0.15) is 5.60 Å². The fourth-order valence-electron chi connectivity index (χ4n) is 7.74. The summed E-state index contributed by atoms with van der Waals surface area (Å²) in [6.07, 6.45) is 7.38. The molecule has 2 N–H and O–H groups in total. The number of Topliss-reactive ketones (excluding diaryl/α,β-unsaturated/α-hetero) is 1. The maximum absolute atomic E-state index is 13.4. The molecule has 5 rings (SSSR count). The van der Waals surface area contributed by atoms with Crippen molar-refractivity contribution in [1.82, 2.24) is 0 Å². The van der Waals surface area contributed by atoms with Crippen molar-refractivity contribution in [1.29, 1.82) is 0 Å². The molecule has 7 atom stereocenters. The van der Waals surface area contributed by atoms with Gasteiger partial charge in [-0.15, -0.1) is 0 Å². The number of hydrogen-bond acceptors (Lipinski definition) is 6. The number of rotatable bonds is 4. The molecule has 188 valence electrons. The Hall–Kier alpha value is -0.840. The zero-order valence-electron chi connectivity index (χ0n) is 20.0. The van der Waals surface area contributed by atoms with Crippen molar-refractivity contribution in [2.45, 2.75) is 57.7 Å². The van der Waals surface area contributed by atoms with Gasteiger partial charge < -0.3 is 14.9 Å². The van der Waals surface area contributed by atoms with Gasteiger partial charge in [0.15, 0.2) is 12.4 Å². The Morgan fingerprint density at radius 1 is 1.22 bits per heavy atom. The zero-order chi connectivity index (χ0) is 25.2. The Balaban J connectivity index is 0.00000304. The van der Waals surface area contributed by atoms with E-state index in [1.54, 1.807) is 30.4 Å². The first kappa shape index (κ1) is 28.2. The molecule has 4 aliphatic rings. The van der Waals surface area contributed by atoms with Crippen LogP contribution in [0.25, 0.3) is 0 Å². The van der Waals surface area contributed by atoms with Crippen LogP contribution in [0, 0.1) is 32.2 Å². The number of ketones is 2. The summed E-state index contributed by atoms with van der Waals surface area (Å²) in [5.74, 6) is -0.993. The third-order valence-electron chi connectivity index (χ3n) is 9.50. The van der Waals surface area contributed by atoms with E-state index in [-0.39, 0.29) is 65.9 Å². The SMILES string of the molecule is C[C@]12C=CC(=O)C=C1CC[C@@H]1[C@@H]2[C@@H](O)C[C@@]2(C)[C@H]1CC[C@]2(O)C(=O)COC(=O)c1cccc(I)c1.[NaH]. The van der Waals surface area contributed by atoms with Gasteiger partial charge in [-0.05, 0) is 96.9 Å². The van der Waals surface area contributed by atoms with Crippen LogP contribution in [-0.4, -0.2) is 75.6 Å². The number of esters is 1. The summed E-state index contributed by atoms with van der Waals surface area (Å²) >= 11 is 2.10. The van der Waals surface area contributed by atoms with Crippen LogP contribution in [0.1, 0.15) is 56.3 Å². The number of fused-ring (bicyclic) bond motifs is 5. The topological polar surface area (TPSA) is 101 Å². The molecule has 8 heteroatoms. The number of carbonyl (C=O) groups is 3. The number of allylic oxidation sites excluding steroid dienone is 4. The van der Waals surface area contributed by atoms with E-state index >= 15 is 0 Å². The quantitative estimate of drug-likeness (QED) is 0.307. The molecule has 0 radical (unpaired) electrons. The van der Waals surface area contributed by atoms with Crippen LogP contribution in [0.15, 0.2) is 48.1 Å². The average molecular weight is 614 g/mol. The van der Waals surface area contributed by atoms with E-state index in [0.29, 0.717) is 12.0 Å². The van der Waals surface area contributed by atoms with Crippen LogP contribution >= 0.6 is 22.6 Å². The van der Waals surface area contributed by atoms with Gasteiger partial charge >= 0.3 is 35.5 Å². The molecule has 0 spiro atoms. The number of benzene rings is 1. The molecule has 0 heterocycles. The van der Waals surface area contributed by atoms with Gasteiger partial charge in [-0.25, -0.2) is 4.79 Å². The van der Waals surface area contributed by atoms with Crippen molar-refractivity contribution in [3.63, 3.8) is 0 Å². The fraction of sp³-hybridized carbons (Fsp3) is 0.536. The molecule has 6 nitrogen and oxygen atoms in total. The molecule has 0 aliphatic heterocycles. The molecule has 0 bridgehead atoms. The van der Waals surface area contributed by atoms with Crippen LogP contribution in [-0.2, 0) is 14.3 Å². The minimum atomic E-state index is -1.66. The first-order chi connectivity index (χ1) is 16.5. The summed E-state index contributed by atoms with van der Waals surface area (Å²) in [5, 5.41) is 23.2. The van der Waals surface area contributed by atoms with Crippen molar-refractivity contribution >= 4 is 69.7 Å². The van der Waals surface area contributed by atoms with Gasteiger partial charge in [0.05, 0.1) is 11.7 Å². The Labute approximate surface area is 247 Å². The molecular formula is C28H32INaO6. The second-order valence-electron chi connectivity index (χ2n) is 11.1. The first-order valence-electron chi connectivity index (χ1n) is 12.3. The third kappa shape index (κ3) is 4.31. The van der Waals surface area contributed by atoms with Gasteiger partial charge in [-0.1, -0.05) is 31.6 Å². The number of aliphatic hydroxyl groups excluding tert-OH is 1. The number of ether oxygens (including phenoxy) is 1. The summed E-state index contributed by atoms with van der Waals surface area (Å²) in [4.78, 5) is 37.8. The molecule has 1 aromatic carbocycles. The maximum atomic E-state index is 13.4. The first-order valence-corrected chi connectivity index (χ1v) is 13.4. The Morgan fingerprint density at radius 3 is 2.69 bits per heavy atom. The van der Waals surface area contributed by atoms with Gasteiger partial charge in [0.25, 0.3) is 0 Å². The molecule has 1 aromatic rings.